The van der Waals surface area contributed by atoms with Crippen molar-refractivity contribution in [1.29, 1.82) is 0 Å². The van der Waals surface area contributed by atoms with Crippen LogP contribution in [0.4, 0.5) is 11.4 Å². The molecule has 2 N–H and O–H groups in total. The maximum absolute atomic E-state index is 15.9. The molecule has 2 amide bonds. The summed E-state index contributed by atoms with van der Waals surface area (Å²) in [6.07, 6.45) is 3.47. The van der Waals surface area contributed by atoms with Gasteiger partial charge in [-0.25, -0.2) is 8.42 Å². The number of nitrogens with one attached hydrogen (secondary N) is 2. The third-order valence-corrected chi connectivity index (χ3v) is 12.4. The van der Waals surface area contributed by atoms with Crippen LogP contribution in [0.2, 0.25) is 0 Å². The summed E-state index contributed by atoms with van der Waals surface area (Å²) in [6, 6.07) is 15.3. The summed E-state index contributed by atoms with van der Waals surface area (Å²) in [6.45, 7) is 5.08. The number of hydrogen-bond acceptors (Lipinski definition) is 16. The van der Waals surface area contributed by atoms with Crippen LogP contribution in [-0.2, 0) is 38.5 Å². The Morgan fingerprint density at radius 1 is 0.478 bits per heavy atom. The van der Waals surface area contributed by atoms with Crippen molar-refractivity contribution in [2.45, 2.75) is 50.4 Å². The fourth-order valence-electron chi connectivity index (χ4n) is 6.81. The average molecular weight is 949 g/mol. The Balaban J connectivity index is 2.10. The SMILES string of the molecule is COc1cc(OC)c(C=CC(c2ccc(OC)c(NC(=O)C(C)OC(C)=O)c2)S(=O)(=O)C(C=Cc2c(OC)cc(OC)cc2OC)c2ccc(OC)c(NC(=O)C(C)OC(C)=O)c2)c(OC)c1. The van der Waals surface area contributed by atoms with Crippen LogP contribution in [0.15, 0.2) is 72.8 Å². The van der Waals surface area contributed by atoms with Crippen LogP contribution in [0, 0.1) is 0 Å². The van der Waals surface area contributed by atoms with Crippen LogP contribution in [-0.4, -0.2) is 101 Å². The van der Waals surface area contributed by atoms with E-state index in [1.807, 2.05) is 0 Å². The first kappa shape index (κ1) is 52.2. The van der Waals surface area contributed by atoms with Crippen molar-refractivity contribution >= 4 is 57.1 Å². The normalized spacial score (nSPS) is 13.1. The summed E-state index contributed by atoms with van der Waals surface area (Å²) in [4.78, 5) is 50.0. The number of sulfone groups is 1. The second kappa shape index (κ2) is 23.7. The van der Waals surface area contributed by atoms with E-state index in [1.54, 1.807) is 24.3 Å². The summed E-state index contributed by atoms with van der Waals surface area (Å²) in [5.74, 6) is -0.488. The molecule has 0 spiro atoms. The van der Waals surface area contributed by atoms with Gasteiger partial charge in [0.25, 0.3) is 11.8 Å². The number of methoxy groups -OCH3 is 8. The summed E-state index contributed by atoms with van der Waals surface area (Å²) >= 11 is 0. The highest BCUT2D eigenvalue weighted by Gasteiger charge is 2.36. The molecule has 18 nitrogen and oxygen atoms in total. The molecule has 0 aliphatic heterocycles. The van der Waals surface area contributed by atoms with Crippen LogP contribution in [0.25, 0.3) is 12.2 Å². The van der Waals surface area contributed by atoms with Crippen molar-refractivity contribution in [2.75, 3.05) is 67.5 Å². The molecule has 0 saturated heterocycles. The Morgan fingerprint density at radius 3 is 1.06 bits per heavy atom. The van der Waals surface area contributed by atoms with Crippen LogP contribution in [0.5, 0.6) is 46.0 Å². The zero-order valence-electron chi connectivity index (χ0n) is 39.3. The van der Waals surface area contributed by atoms with Gasteiger partial charge in [-0.2, -0.15) is 0 Å². The van der Waals surface area contributed by atoms with E-state index in [0.29, 0.717) is 45.6 Å². The van der Waals surface area contributed by atoms with E-state index in [-0.39, 0.29) is 34.0 Å². The molecule has 360 valence electrons. The quantitative estimate of drug-likeness (QED) is 0.0747. The van der Waals surface area contributed by atoms with Crippen molar-refractivity contribution in [1.82, 2.24) is 0 Å². The van der Waals surface area contributed by atoms with E-state index in [1.165, 1.54) is 131 Å². The molecule has 0 aliphatic rings. The van der Waals surface area contributed by atoms with Gasteiger partial charge < -0.3 is 58.0 Å². The van der Waals surface area contributed by atoms with Gasteiger partial charge in [0, 0.05) is 38.1 Å². The molecule has 0 heterocycles. The Kier molecular flexibility index (Phi) is 18.5. The number of hydrogen-bond donors (Lipinski definition) is 2. The maximum Gasteiger partial charge on any atom is 0.303 e. The second-order valence-electron chi connectivity index (χ2n) is 14.4. The zero-order valence-corrected chi connectivity index (χ0v) is 40.1. The molecule has 0 aromatic heterocycles. The molecular weight excluding hydrogens is 893 g/mol. The number of benzene rings is 4. The van der Waals surface area contributed by atoms with E-state index in [4.69, 9.17) is 47.4 Å². The first-order valence-corrected chi connectivity index (χ1v) is 22.0. The van der Waals surface area contributed by atoms with Crippen LogP contribution >= 0.6 is 0 Å². The van der Waals surface area contributed by atoms with Gasteiger partial charge in [-0.1, -0.05) is 24.3 Å². The van der Waals surface area contributed by atoms with Crippen molar-refractivity contribution in [3.63, 3.8) is 0 Å². The molecule has 4 unspecified atom stereocenters. The third kappa shape index (κ3) is 12.9. The maximum atomic E-state index is 15.9. The number of amides is 2. The van der Waals surface area contributed by atoms with Gasteiger partial charge in [-0.05, 0) is 61.4 Å². The number of esters is 2. The Hall–Kier alpha value is -7.41. The summed E-state index contributed by atoms with van der Waals surface area (Å²) in [5.41, 5.74) is 1.14. The predicted molar refractivity (Wildman–Crippen MR) is 250 cm³/mol. The highest BCUT2D eigenvalue weighted by molar-refractivity contribution is 7.92. The minimum Gasteiger partial charge on any atom is -0.496 e. The van der Waals surface area contributed by atoms with Crippen molar-refractivity contribution in [3.8, 4) is 46.0 Å². The lowest BCUT2D eigenvalue weighted by molar-refractivity contribution is -0.151. The topological polar surface area (TPSA) is 219 Å². The molecule has 67 heavy (non-hydrogen) atoms. The third-order valence-electron chi connectivity index (χ3n) is 10.1. The van der Waals surface area contributed by atoms with E-state index in [2.05, 4.69) is 10.6 Å². The van der Waals surface area contributed by atoms with Gasteiger partial charge in [-0.15, -0.1) is 0 Å². The van der Waals surface area contributed by atoms with Crippen molar-refractivity contribution < 1.29 is 75.0 Å². The lowest BCUT2D eigenvalue weighted by Crippen LogP contribution is -2.29. The number of carbonyl (C=O) groups excluding carboxylic acids is 4. The lowest BCUT2D eigenvalue weighted by Gasteiger charge is -2.24. The minimum atomic E-state index is -4.64. The highest BCUT2D eigenvalue weighted by atomic mass is 32.2. The summed E-state index contributed by atoms with van der Waals surface area (Å²) < 4.78 is 86.7. The molecule has 0 aliphatic carbocycles. The average Bonchev–Trinajstić information content (AvgIpc) is 3.30. The van der Waals surface area contributed by atoms with E-state index < -0.39 is 56.3 Å². The first-order valence-electron chi connectivity index (χ1n) is 20.4. The molecule has 4 rings (SSSR count). The van der Waals surface area contributed by atoms with Crippen LogP contribution in [0.3, 0.4) is 0 Å². The predicted octanol–water partition coefficient (Wildman–Crippen LogP) is 7.16. The Labute approximate surface area is 389 Å². The smallest absolute Gasteiger partial charge is 0.303 e. The zero-order chi connectivity index (χ0) is 49.6. The van der Waals surface area contributed by atoms with Gasteiger partial charge in [0.2, 0.25) is 0 Å². The molecule has 0 fully saturated rings. The number of rotatable bonds is 22. The molecule has 19 heteroatoms. The molecule has 4 aromatic carbocycles. The van der Waals surface area contributed by atoms with Gasteiger partial charge in [0.1, 0.15) is 56.5 Å². The second-order valence-corrected chi connectivity index (χ2v) is 16.6. The molecular formula is C48H56N2O16S. The fourth-order valence-corrected chi connectivity index (χ4v) is 8.78. The first-order chi connectivity index (χ1) is 31.9. The van der Waals surface area contributed by atoms with E-state index >= 15 is 8.42 Å². The molecule has 0 saturated carbocycles. The number of carbonyl (C=O) groups is 4. The monoisotopic (exact) mass is 948 g/mol. The van der Waals surface area contributed by atoms with Crippen LogP contribution in [0.1, 0.15) is 60.4 Å². The Bertz CT molecular complexity index is 2390. The van der Waals surface area contributed by atoms with Gasteiger partial charge in [-0.3, -0.25) is 19.2 Å². The number of anilines is 2. The molecule has 4 atom stereocenters. The number of ether oxygens (including phenoxy) is 10. The Morgan fingerprint density at radius 2 is 0.791 bits per heavy atom. The fraction of sp³-hybridized carbons (Fsp3) is 0.333. The van der Waals surface area contributed by atoms with Crippen molar-refractivity contribution in [3.05, 3.63) is 95.1 Å². The molecule has 0 radical (unpaired) electrons. The van der Waals surface area contributed by atoms with Crippen LogP contribution < -0.4 is 48.5 Å². The van der Waals surface area contributed by atoms with Gasteiger partial charge >= 0.3 is 11.9 Å². The highest BCUT2D eigenvalue weighted by Crippen LogP contribution is 2.44. The van der Waals surface area contributed by atoms with E-state index in [0.717, 1.165) is 13.8 Å². The standard InChI is InChI=1S/C48H56N2O16S/c1-27(65-29(3)51)47(53)49-37-21-31(13-17-39(37)59-7)45(19-15-35-41(61-9)23-33(57-5)24-42(35)62-10)67(55,56)46(20-16-36-43(63-11)25-34(58-6)26-44(36)64-12)32-14-18-40(60-8)38(22-32)50-48(54)28(2)66-30(4)52/h13-28,45-46H,1-12H3,(H,49,53)(H,50,54). The molecule has 0 bridgehead atoms. The minimum absolute atomic E-state index is 0.0633. The largest absolute Gasteiger partial charge is 0.496 e. The summed E-state index contributed by atoms with van der Waals surface area (Å²) in [7, 11) is 6.78. The molecule has 4 aromatic rings. The van der Waals surface area contributed by atoms with Gasteiger partial charge in [0.15, 0.2) is 22.0 Å². The van der Waals surface area contributed by atoms with E-state index in [9.17, 15) is 19.2 Å². The summed E-state index contributed by atoms with van der Waals surface area (Å²) in [5, 5.41) is 2.25. The lowest BCUT2D eigenvalue weighted by atomic mass is 10.1. The van der Waals surface area contributed by atoms with Crippen molar-refractivity contribution in [2.24, 2.45) is 0 Å². The van der Waals surface area contributed by atoms with Gasteiger partial charge in [0.05, 0.1) is 79.4 Å².